The van der Waals surface area contributed by atoms with E-state index in [0.717, 1.165) is 23.4 Å². The standard InChI is InChI=1S/C21H22N4O3/c1-13-9-15-4-3-14(10-18(15)28-13)17-5-6-19(23-17)24-20(26)11-22-21(27)16-7-8-25(2)12-16/h3-5,7-8,10,12-13H,6,9,11H2,1-2H3,(H,22,27)(H,23,24,26)/t13-/m0/s1. The van der Waals surface area contributed by atoms with E-state index in [1.165, 1.54) is 5.56 Å². The first kappa shape index (κ1) is 18.0. The first-order chi connectivity index (χ1) is 13.5. The summed E-state index contributed by atoms with van der Waals surface area (Å²) in [6.45, 7) is 1.95. The van der Waals surface area contributed by atoms with Crippen LogP contribution in [-0.4, -0.2) is 34.9 Å². The minimum atomic E-state index is -0.302. The summed E-state index contributed by atoms with van der Waals surface area (Å²) in [6, 6.07) is 7.80. The van der Waals surface area contributed by atoms with Gasteiger partial charge >= 0.3 is 0 Å². The fourth-order valence-corrected chi connectivity index (χ4v) is 3.36. The van der Waals surface area contributed by atoms with Gasteiger partial charge in [-0.25, -0.2) is 4.99 Å². The Hall–Kier alpha value is -3.35. The smallest absolute Gasteiger partial charge is 0.253 e. The maximum absolute atomic E-state index is 12.1. The van der Waals surface area contributed by atoms with Gasteiger partial charge in [0.1, 0.15) is 17.7 Å². The molecule has 2 aromatic rings. The van der Waals surface area contributed by atoms with Gasteiger partial charge in [-0.3, -0.25) is 9.59 Å². The molecule has 0 aliphatic carbocycles. The van der Waals surface area contributed by atoms with Crippen LogP contribution in [0.25, 0.3) is 5.70 Å². The third-order valence-corrected chi connectivity index (χ3v) is 4.73. The summed E-state index contributed by atoms with van der Waals surface area (Å²) < 4.78 is 7.58. The molecule has 0 unspecified atom stereocenters. The van der Waals surface area contributed by atoms with Gasteiger partial charge in [0.2, 0.25) is 5.91 Å². The quantitative estimate of drug-likeness (QED) is 0.854. The number of amidine groups is 1. The van der Waals surface area contributed by atoms with Crippen molar-refractivity contribution in [1.29, 1.82) is 0 Å². The summed E-state index contributed by atoms with van der Waals surface area (Å²) in [5.41, 5.74) is 3.51. The van der Waals surface area contributed by atoms with E-state index in [1.54, 1.807) is 23.0 Å². The molecule has 7 heteroatoms. The highest BCUT2D eigenvalue weighted by Gasteiger charge is 2.21. The fourth-order valence-electron chi connectivity index (χ4n) is 3.36. The summed E-state index contributed by atoms with van der Waals surface area (Å²) >= 11 is 0. The van der Waals surface area contributed by atoms with Crippen LogP contribution in [0, 0.1) is 0 Å². The highest BCUT2D eigenvalue weighted by Crippen LogP contribution is 2.33. The van der Waals surface area contributed by atoms with Crippen LogP contribution in [0.4, 0.5) is 0 Å². The third-order valence-electron chi connectivity index (χ3n) is 4.73. The first-order valence-corrected chi connectivity index (χ1v) is 9.25. The Morgan fingerprint density at radius 3 is 2.96 bits per heavy atom. The van der Waals surface area contributed by atoms with Crippen molar-refractivity contribution in [3.63, 3.8) is 0 Å². The number of rotatable bonds is 4. The number of carbonyl (C=O) groups is 2. The summed E-state index contributed by atoms with van der Waals surface area (Å²) in [7, 11) is 1.83. The van der Waals surface area contributed by atoms with Crippen molar-refractivity contribution in [3.05, 3.63) is 59.4 Å². The number of hydrogen-bond donors (Lipinski definition) is 2. The Labute approximate surface area is 163 Å². The van der Waals surface area contributed by atoms with Crippen LogP contribution in [0.2, 0.25) is 0 Å². The van der Waals surface area contributed by atoms with Crippen LogP contribution in [0.1, 0.15) is 34.8 Å². The number of amides is 2. The van der Waals surface area contributed by atoms with Crippen molar-refractivity contribution in [3.8, 4) is 5.75 Å². The van der Waals surface area contributed by atoms with E-state index in [-0.39, 0.29) is 24.5 Å². The largest absolute Gasteiger partial charge is 0.490 e. The van der Waals surface area contributed by atoms with Crippen molar-refractivity contribution >= 4 is 23.3 Å². The number of ether oxygens (including phenoxy) is 1. The van der Waals surface area contributed by atoms with Crippen molar-refractivity contribution in [2.24, 2.45) is 12.0 Å². The van der Waals surface area contributed by atoms with Gasteiger partial charge in [0, 0.05) is 37.8 Å². The summed E-state index contributed by atoms with van der Waals surface area (Å²) in [5, 5.41) is 5.37. The normalized spacial score (nSPS) is 17.4. The lowest BCUT2D eigenvalue weighted by Crippen LogP contribution is -2.39. The zero-order valence-electron chi connectivity index (χ0n) is 15.9. The zero-order valence-corrected chi connectivity index (χ0v) is 15.9. The summed E-state index contributed by atoms with van der Waals surface area (Å²) in [5.74, 6) is 0.894. The molecule has 28 heavy (non-hydrogen) atoms. The lowest BCUT2D eigenvalue weighted by Gasteiger charge is -2.06. The fraction of sp³-hybridized carbons (Fsp3) is 0.286. The average molecular weight is 378 g/mol. The lowest BCUT2D eigenvalue weighted by molar-refractivity contribution is -0.118. The minimum absolute atomic E-state index is 0.105. The Bertz CT molecular complexity index is 1000. The third kappa shape index (κ3) is 3.83. The van der Waals surface area contributed by atoms with Gasteiger partial charge in [-0.05, 0) is 24.6 Å². The predicted molar refractivity (Wildman–Crippen MR) is 106 cm³/mol. The van der Waals surface area contributed by atoms with E-state index >= 15 is 0 Å². The number of aryl methyl sites for hydroxylation is 1. The van der Waals surface area contributed by atoms with E-state index in [9.17, 15) is 9.59 Å². The summed E-state index contributed by atoms with van der Waals surface area (Å²) in [4.78, 5) is 28.6. The maximum Gasteiger partial charge on any atom is 0.253 e. The molecule has 1 aromatic carbocycles. The molecule has 4 rings (SSSR count). The molecule has 144 valence electrons. The van der Waals surface area contributed by atoms with Gasteiger partial charge in [0.05, 0.1) is 17.8 Å². The second-order valence-corrected chi connectivity index (χ2v) is 7.10. The molecule has 2 aliphatic heterocycles. The number of nitrogens with one attached hydrogen (secondary N) is 2. The Kier molecular flexibility index (Phi) is 4.73. The molecule has 0 spiro atoms. The van der Waals surface area contributed by atoms with Crippen LogP contribution < -0.4 is 15.4 Å². The topological polar surface area (TPSA) is 84.7 Å². The van der Waals surface area contributed by atoms with E-state index in [0.29, 0.717) is 17.8 Å². The van der Waals surface area contributed by atoms with Crippen LogP contribution in [0.5, 0.6) is 5.75 Å². The molecule has 3 heterocycles. The van der Waals surface area contributed by atoms with Crippen molar-refractivity contribution in [1.82, 2.24) is 15.2 Å². The maximum atomic E-state index is 12.1. The first-order valence-electron chi connectivity index (χ1n) is 9.25. The highest BCUT2D eigenvalue weighted by molar-refractivity contribution is 6.05. The molecule has 2 amide bonds. The van der Waals surface area contributed by atoms with Crippen molar-refractivity contribution in [2.45, 2.75) is 25.9 Å². The number of carbonyl (C=O) groups excluding carboxylic acids is 2. The SMILES string of the molecule is C[C@H]1Cc2ccc(C3=CCC(NC(=O)CNC(=O)c4ccn(C)c4)=N3)cc2O1. The van der Waals surface area contributed by atoms with Crippen LogP contribution >= 0.6 is 0 Å². The minimum Gasteiger partial charge on any atom is -0.490 e. The molecule has 1 aromatic heterocycles. The van der Waals surface area contributed by atoms with Gasteiger partial charge in [-0.2, -0.15) is 0 Å². The van der Waals surface area contributed by atoms with Crippen molar-refractivity contribution < 1.29 is 14.3 Å². The monoisotopic (exact) mass is 378 g/mol. The molecule has 0 radical (unpaired) electrons. The van der Waals surface area contributed by atoms with Crippen LogP contribution in [0.3, 0.4) is 0 Å². The number of hydrogen-bond acceptors (Lipinski definition) is 4. The van der Waals surface area contributed by atoms with E-state index in [2.05, 4.69) is 28.6 Å². The molecular formula is C21H22N4O3. The second kappa shape index (κ2) is 7.34. The van der Waals surface area contributed by atoms with Gasteiger partial charge in [-0.1, -0.05) is 18.2 Å². The molecule has 0 saturated heterocycles. The van der Waals surface area contributed by atoms with Crippen LogP contribution in [0.15, 0.2) is 47.7 Å². The molecule has 7 nitrogen and oxygen atoms in total. The Balaban J connectivity index is 1.32. The zero-order chi connectivity index (χ0) is 19.7. The van der Waals surface area contributed by atoms with Gasteiger partial charge in [0.15, 0.2) is 0 Å². The average Bonchev–Trinajstić information content (AvgIpc) is 3.38. The van der Waals surface area contributed by atoms with Crippen LogP contribution in [-0.2, 0) is 18.3 Å². The number of fused-ring (bicyclic) bond motifs is 1. The number of benzene rings is 1. The van der Waals surface area contributed by atoms with E-state index in [4.69, 9.17) is 4.74 Å². The van der Waals surface area contributed by atoms with E-state index < -0.39 is 0 Å². The molecule has 0 bridgehead atoms. The number of aliphatic imine (C=N–C) groups is 1. The highest BCUT2D eigenvalue weighted by atomic mass is 16.5. The van der Waals surface area contributed by atoms with E-state index in [1.807, 2.05) is 25.3 Å². The second-order valence-electron chi connectivity index (χ2n) is 7.10. The van der Waals surface area contributed by atoms with Crippen molar-refractivity contribution in [2.75, 3.05) is 6.54 Å². The summed E-state index contributed by atoms with van der Waals surface area (Å²) in [6.07, 6.45) is 7.12. The lowest BCUT2D eigenvalue weighted by atomic mass is 10.1. The molecule has 2 aliphatic rings. The molecule has 1 atom stereocenters. The molecular weight excluding hydrogens is 356 g/mol. The Morgan fingerprint density at radius 2 is 2.18 bits per heavy atom. The number of nitrogens with zero attached hydrogens (tertiary/aromatic N) is 2. The van der Waals surface area contributed by atoms with Gasteiger partial charge in [-0.15, -0.1) is 0 Å². The predicted octanol–water partition coefficient (Wildman–Crippen LogP) is 2.04. The molecule has 2 N–H and O–H groups in total. The van der Waals surface area contributed by atoms with Gasteiger partial charge < -0.3 is 19.9 Å². The molecule has 0 fully saturated rings. The molecule has 0 saturated carbocycles. The van der Waals surface area contributed by atoms with Gasteiger partial charge in [0.25, 0.3) is 5.91 Å². The Morgan fingerprint density at radius 1 is 1.32 bits per heavy atom. The number of aromatic nitrogens is 1.